The molecule has 1 aliphatic rings. The van der Waals surface area contributed by atoms with E-state index in [4.69, 9.17) is 5.11 Å². The fourth-order valence-corrected chi connectivity index (χ4v) is 2.60. The number of hydrogen-bond donors (Lipinski definition) is 4. The third kappa shape index (κ3) is 2.99. The van der Waals surface area contributed by atoms with Gasteiger partial charge in [0.05, 0.1) is 12.1 Å². The molecule has 21 heavy (non-hydrogen) atoms. The third-order valence-electron chi connectivity index (χ3n) is 4.12. The van der Waals surface area contributed by atoms with Crippen molar-refractivity contribution in [3.05, 3.63) is 33.7 Å². The highest BCUT2D eigenvalue weighted by atomic mass is 16.3. The fraction of sp³-hybridized carbons (Fsp3) is 0.571. The molecule has 1 aromatic rings. The predicted octanol–water partition coefficient (Wildman–Crippen LogP) is -1.47. The molecule has 7 heteroatoms. The van der Waals surface area contributed by atoms with E-state index in [1.165, 1.54) is 10.6 Å². The second kappa shape index (κ2) is 5.97. The van der Waals surface area contributed by atoms with Crippen LogP contribution in [-0.4, -0.2) is 50.7 Å². The van der Waals surface area contributed by atoms with Crippen LogP contribution < -0.4 is 10.9 Å². The Morgan fingerprint density at radius 1 is 1.38 bits per heavy atom. The molecule has 4 atom stereocenters. The molecule has 0 radical (unpaired) electrons. The number of pyridine rings is 1. The van der Waals surface area contributed by atoms with Crippen molar-refractivity contribution in [3.8, 4) is 0 Å². The zero-order valence-electron chi connectivity index (χ0n) is 12.0. The van der Waals surface area contributed by atoms with Gasteiger partial charge in [-0.05, 0) is 19.4 Å². The van der Waals surface area contributed by atoms with Gasteiger partial charge in [-0.25, -0.2) is 0 Å². The molecular weight excluding hydrogens is 276 g/mol. The van der Waals surface area contributed by atoms with Gasteiger partial charge in [0.25, 0.3) is 11.5 Å². The maximum Gasteiger partial charge on any atom is 0.251 e. The van der Waals surface area contributed by atoms with E-state index in [-0.39, 0.29) is 24.2 Å². The van der Waals surface area contributed by atoms with Gasteiger partial charge in [-0.15, -0.1) is 0 Å². The zero-order chi connectivity index (χ0) is 15.7. The van der Waals surface area contributed by atoms with Gasteiger partial charge < -0.3 is 25.2 Å². The highest BCUT2D eigenvalue weighted by Gasteiger charge is 2.41. The number of aliphatic hydroxyl groups excluding tert-OH is 3. The quantitative estimate of drug-likeness (QED) is 0.544. The van der Waals surface area contributed by atoms with E-state index in [1.807, 2.05) is 0 Å². The second-order valence-corrected chi connectivity index (χ2v) is 5.52. The first-order valence-corrected chi connectivity index (χ1v) is 6.80. The first-order chi connectivity index (χ1) is 9.85. The molecule has 1 aliphatic carbocycles. The summed E-state index contributed by atoms with van der Waals surface area (Å²) in [5.74, 6) is -0.943. The molecule has 0 saturated heterocycles. The predicted molar refractivity (Wildman–Crippen MR) is 74.9 cm³/mol. The van der Waals surface area contributed by atoms with Crippen molar-refractivity contribution in [3.63, 3.8) is 0 Å². The normalized spacial score (nSPS) is 28.6. The summed E-state index contributed by atoms with van der Waals surface area (Å²) in [5.41, 5.74) is 0.568. The van der Waals surface area contributed by atoms with E-state index in [9.17, 15) is 19.8 Å². The summed E-state index contributed by atoms with van der Waals surface area (Å²) in [6, 6.07) is 2.16. The van der Waals surface area contributed by atoms with Gasteiger partial charge in [0.15, 0.2) is 0 Å². The smallest absolute Gasteiger partial charge is 0.251 e. The van der Waals surface area contributed by atoms with E-state index in [0.717, 1.165) is 0 Å². The molecule has 2 rings (SSSR count). The molecule has 1 heterocycles. The van der Waals surface area contributed by atoms with E-state index in [2.05, 4.69) is 5.32 Å². The molecule has 1 fully saturated rings. The minimum Gasteiger partial charge on any atom is -0.396 e. The molecule has 0 unspecified atom stereocenters. The van der Waals surface area contributed by atoms with E-state index >= 15 is 0 Å². The Kier molecular flexibility index (Phi) is 4.46. The van der Waals surface area contributed by atoms with Crippen LogP contribution in [0.1, 0.15) is 22.5 Å². The highest BCUT2D eigenvalue weighted by molar-refractivity contribution is 5.94. The van der Waals surface area contributed by atoms with Crippen LogP contribution >= 0.6 is 0 Å². The SMILES string of the molecule is Cc1cc(C(=O)N[C@@H]2C[C@H](CO)[C@@H](O)[C@H]2O)cc(=O)n1C. The van der Waals surface area contributed by atoms with Crippen molar-refractivity contribution >= 4 is 5.91 Å². The van der Waals surface area contributed by atoms with Gasteiger partial charge in [-0.1, -0.05) is 0 Å². The van der Waals surface area contributed by atoms with Crippen LogP contribution in [0.25, 0.3) is 0 Å². The van der Waals surface area contributed by atoms with Crippen molar-refractivity contribution in [1.29, 1.82) is 0 Å². The minimum atomic E-state index is -1.13. The van der Waals surface area contributed by atoms with E-state index < -0.39 is 30.1 Å². The Hall–Kier alpha value is -1.70. The largest absolute Gasteiger partial charge is 0.396 e. The van der Waals surface area contributed by atoms with Crippen LogP contribution in [0.3, 0.4) is 0 Å². The van der Waals surface area contributed by atoms with Gasteiger partial charge in [-0.3, -0.25) is 9.59 Å². The number of amides is 1. The van der Waals surface area contributed by atoms with Gasteiger partial charge in [0, 0.05) is 36.9 Å². The maximum atomic E-state index is 12.1. The average molecular weight is 296 g/mol. The van der Waals surface area contributed by atoms with E-state index in [0.29, 0.717) is 5.69 Å². The molecule has 1 aromatic heterocycles. The van der Waals surface area contributed by atoms with Crippen LogP contribution in [0.15, 0.2) is 16.9 Å². The molecule has 4 N–H and O–H groups in total. The molecule has 1 saturated carbocycles. The lowest BCUT2D eigenvalue weighted by molar-refractivity contribution is 0.000135. The minimum absolute atomic E-state index is 0.213. The van der Waals surface area contributed by atoms with Gasteiger partial charge in [0.2, 0.25) is 0 Å². The Morgan fingerprint density at radius 3 is 2.57 bits per heavy atom. The summed E-state index contributed by atoms with van der Waals surface area (Å²) in [6.07, 6.45) is -1.90. The molecule has 116 valence electrons. The first-order valence-electron chi connectivity index (χ1n) is 6.80. The molecular formula is C14H20N2O5. The monoisotopic (exact) mass is 296 g/mol. The number of aliphatic hydroxyl groups is 3. The summed E-state index contributed by atoms with van der Waals surface area (Å²) >= 11 is 0. The first kappa shape index (κ1) is 15.7. The standard InChI is InChI=1S/C14H20N2O5/c1-7-3-8(5-11(18)16(7)2)14(21)15-10-4-9(6-17)12(19)13(10)20/h3,5,9-10,12-13,17,19-20H,4,6H2,1-2H3,(H,15,21)/t9-,10-,12-,13+/m1/s1. The molecule has 7 nitrogen and oxygen atoms in total. The summed E-state index contributed by atoms with van der Waals surface area (Å²) in [7, 11) is 1.61. The van der Waals surface area contributed by atoms with Crippen molar-refractivity contribution in [1.82, 2.24) is 9.88 Å². The highest BCUT2D eigenvalue weighted by Crippen LogP contribution is 2.26. The lowest BCUT2D eigenvalue weighted by atomic mass is 10.1. The number of carbonyl (C=O) groups is 1. The fourth-order valence-electron chi connectivity index (χ4n) is 2.60. The number of rotatable bonds is 3. The van der Waals surface area contributed by atoms with Crippen molar-refractivity contribution in [2.45, 2.75) is 31.6 Å². The lowest BCUT2D eigenvalue weighted by Gasteiger charge is -2.18. The van der Waals surface area contributed by atoms with Crippen molar-refractivity contribution < 1.29 is 20.1 Å². The number of hydrogen-bond acceptors (Lipinski definition) is 5. The number of carbonyl (C=O) groups excluding carboxylic acids is 1. The summed E-state index contributed by atoms with van der Waals surface area (Å²) in [6.45, 7) is 1.46. The Bertz CT molecular complexity index is 598. The number of aryl methyl sites for hydroxylation is 1. The van der Waals surface area contributed by atoms with Crippen LogP contribution in [-0.2, 0) is 7.05 Å². The van der Waals surface area contributed by atoms with Gasteiger partial charge >= 0.3 is 0 Å². The Morgan fingerprint density at radius 2 is 2.05 bits per heavy atom. The maximum absolute atomic E-state index is 12.1. The Balaban J connectivity index is 2.14. The molecule has 0 spiro atoms. The Labute approximate surface area is 121 Å². The number of aromatic nitrogens is 1. The van der Waals surface area contributed by atoms with Crippen LogP contribution in [0.4, 0.5) is 0 Å². The zero-order valence-corrected chi connectivity index (χ0v) is 12.0. The molecule has 1 amide bonds. The summed E-state index contributed by atoms with van der Waals surface area (Å²) in [4.78, 5) is 23.8. The number of nitrogens with one attached hydrogen (secondary N) is 1. The van der Waals surface area contributed by atoms with Crippen LogP contribution in [0.2, 0.25) is 0 Å². The van der Waals surface area contributed by atoms with E-state index in [1.54, 1.807) is 20.0 Å². The summed E-state index contributed by atoms with van der Waals surface area (Å²) < 4.78 is 1.42. The van der Waals surface area contributed by atoms with Crippen molar-refractivity contribution in [2.24, 2.45) is 13.0 Å². The second-order valence-electron chi connectivity index (χ2n) is 5.52. The van der Waals surface area contributed by atoms with Crippen LogP contribution in [0, 0.1) is 12.8 Å². The summed E-state index contributed by atoms with van der Waals surface area (Å²) in [5, 5.41) is 31.3. The lowest BCUT2D eigenvalue weighted by Crippen LogP contribution is -2.43. The van der Waals surface area contributed by atoms with Gasteiger partial charge in [-0.2, -0.15) is 0 Å². The molecule has 0 aliphatic heterocycles. The topological polar surface area (TPSA) is 112 Å². The third-order valence-corrected chi connectivity index (χ3v) is 4.12. The van der Waals surface area contributed by atoms with Gasteiger partial charge in [0.1, 0.15) is 6.10 Å². The average Bonchev–Trinajstić information content (AvgIpc) is 2.72. The molecule has 0 aromatic carbocycles. The van der Waals surface area contributed by atoms with Crippen LogP contribution in [0.5, 0.6) is 0 Å². The molecule has 0 bridgehead atoms. The number of nitrogens with zero attached hydrogens (tertiary/aromatic N) is 1. The van der Waals surface area contributed by atoms with Crippen molar-refractivity contribution in [2.75, 3.05) is 6.61 Å².